The molecule has 2 aromatic carbocycles. The molecule has 8 heteroatoms. The van der Waals surface area contributed by atoms with Gasteiger partial charge in [-0.2, -0.15) is 0 Å². The Morgan fingerprint density at radius 3 is 2.46 bits per heavy atom. The van der Waals surface area contributed by atoms with Crippen molar-refractivity contribution in [2.75, 3.05) is 10.6 Å². The van der Waals surface area contributed by atoms with Crippen LogP contribution in [0, 0.1) is 26.6 Å². The molecular weight excluding hydrogens is 361 g/mol. The predicted octanol–water partition coefficient (Wildman–Crippen LogP) is 3.23. The van der Waals surface area contributed by atoms with Gasteiger partial charge in [0.05, 0.1) is 5.69 Å². The maximum atomic E-state index is 13.4. The third-order valence-electron chi connectivity index (χ3n) is 4.27. The largest absolute Gasteiger partial charge is 0.324 e. The minimum atomic E-state index is -0.517. The van der Waals surface area contributed by atoms with Crippen molar-refractivity contribution < 1.29 is 14.0 Å². The molecule has 0 aliphatic heterocycles. The number of rotatable bonds is 5. The van der Waals surface area contributed by atoms with Gasteiger partial charge in [-0.25, -0.2) is 9.07 Å². The molecular formula is C20H20FN5O2. The molecule has 2 N–H and O–H groups in total. The summed E-state index contributed by atoms with van der Waals surface area (Å²) in [7, 11) is 0. The summed E-state index contributed by atoms with van der Waals surface area (Å²) in [5, 5.41) is 13.1. The average Bonchev–Trinajstić information content (AvgIpc) is 3.00. The molecule has 0 atom stereocenters. The number of hydrogen-bond acceptors (Lipinski definition) is 4. The number of carbonyl (C=O) groups excluding carboxylic acids is 2. The number of nitrogens with zero attached hydrogens (tertiary/aromatic N) is 3. The summed E-state index contributed by atoms with van der Waals surface area (Å²) in [4.78, 5) is 24.7. The number of carbonyl (C=O) groups is 2. The third kappa shape index (κ3) is 4.40. The summed E-state index contributed by atoms with van der Waals surface area (Å²) in [6.45, 7) is 5.28. The lowest BCUT2D eigenvalue weighted by molar-refractivity contribution is -0.117. The SMILES string of the molecule is Cc1ccc(NC(=O)Cn2nnc(C(=O)Nc3cc(F)ccc3C)c2C)cc1. The van der Waals surface area contributed by atoms with E-state index in [-0.39, 0.29) is 18.1 Å². The van der Waals surface area contributed by atoms with Gasteiger partial charge in [-0.05, 0) is 50.6 Å². The molecule has 2 amide bonds. The van der Waals surface area contributed by atoms with Gasteiger partial charge in [0, 0.05) is 11.4 Å². The second-order valence-electron chi connectivity index (χ2n) is 6.51. The molecule has 144 valence electrons. The lowest BCUT2D eigenvalue weighted by Gasteiger charge is -2.08. The Hall–Kier alpha value is -3.55. The zero-order valence-corrected chi connectivity index (χ0v) is 15.8. The molecule has 3 rings (SSSR count). The number of hydrogen-bond donors (Lipinski definition) is 2. The highest BCUT2D eigenvalue weighted by Gasteiger charge is 2.19. The molecule has 0 spiro atoms. The van der Waals surface area contributed by atoms with Gasteiger partial charge in [0.2, 0.25) is 5.91 Å². The Morgan fingerprint density at radius 1 is 1.04 bits per heavy atom. The highest BCUT2D eigenvalue weighted by atomic mass is 19.1. The molecule has 0 aliphatic carbocycles. The molecule has 0 radical (unpaired) electrons. The van der Waals surface area contributed by atoms with Crippen molar-refractivity contribution >= 4 is 23.2 Å². The third-order valence-corrected chi connectivity index (χ3v) is 4.27. The standard InChI is InChI=1S/C20H20FN5O2/c1-12-4-8-16(9-5-12)22-18(27)11-26-14(3)19(24-25-26)20(28)23-17-10-15(21)7-6-13(17)2/h4-10H,11H2,1-3H3,(H,22,27)(H,23,28). The number of benzene rings is 2. The summed E-state index contributed by atoms with van der Waals surface area (Å²) in [5.41, 5.74) is 3.35. The van der Waals surface area contributed by atoms with Gasteiger partial charge in [-0.1, -0.05) is 29.0 Å². The number of anilines is 2. The Bertz CT molecular complexity index is 1030. The highest BCUT2D eigenvalue weighted by molar-refractivity contribution is 6.04. The Morgan fingerprint density at radius 2 is 1.75 bits per heavy atom. The van der Waals surface area contributed by atoms with Crippen LogP contribution in [0.4, 0.5) is 15.8 Å². The number of aryl methyl sites for hydroxylation is 2. The first-order valence-electron chi connectivity index (χ1n) is 8.67. The Balaban J connectivity index is 1.69. The minimum absolute atomic E-state index is 0.0757. The van der Waals surface area contributed by atoms with Gasteiger partial charge in [-0.15, -0.1) is 5.10 Å². The van der Waals surface area contributed by atoms with Gasteiger partial charge < -0.3 is 10.6 Å². The molecule has 7 nitrogen and oxygen atoms in total. The zero-order chi connectivity index (χ0) is 20.3. The maximum Gasteiger partial charge on any atom is 0.278 e. The van der Waals surface area contributed by atoms with Crippen molar-refractivity contribution in [1.82, 2.24) is 15.0 Å². The molecule has 1 aromatic heterocycles. The number of amides is 2. The first-order chi connectivity index (χ1) is 13.3. The van der Waals surface area contributed by atoms with Crippen molar-refractivity contribution in [3.63, 3.8) is 0 Å². The van der Waals surface area contributed by atoms with E-state index in [0.29, 0.717) is 17.1 Å². The molecule has 0 saturated carbocycles. The van der Waals surface area contributed by atoms with Crippen molar-refractivity contribution in [2.24, 2.45) is 0 Å². The van der Waals surface area contributed by atoms with Crippen LogP contribution in [-0.2, 0) is 11.3 Å². The van der Waals surface area contributed by atoms with Crippen molar-refractivity contribution in [2.45, 2.75) is 27.3 Å². The molecule has 1 heterocycles. The highest BCUT2D eigenvalue weighted by Crippen LogP contribution is 2.17. The predicted molar refractivity (Wildman–Crippen MR) is 104 cm³/mol. The van der Waals surface area contributed by atoms with Crippen LogP contribution in [0.3, 0.4) is 0 Å². The summed E-state index contributed by atoms with van der Waals surface area (Å²) < 4.78 is 14.7. The van der Waals surface area contributed by atoms with Gasteiger partial charge in [0.15, 0.2) is 5.69 Å². The van der Waals surface area contributed by atoms with Crippen LogP contribution >= 0.6 is 0 Å². The quantitative estimate of drug-likeness (QED) is 0.710. The monoisotopic (exact) mass is 381 g/mol. The van der Waals surface area contributed by atoms with E-state index < -0.39 is 11.7 Å². The summed E-state index contributed by atoms with van der Waals surface area (Å²) in [6, 6.07) is 11.5. The average molecular weight is 381 g/mol. The second-order valence-corrected chi connectivity index (χ2v) is 6.51. The van der Waals surface area contributed by atoms with Crippen LogP contribution < -0.4 is 10.6 Å². The Labute approximate surface area is 161 Å². The minimum Gasteiger partial charge on any atom is -0.324 e. The van der Waals surface area contributed by atoms with Crippen molar-refractivity contribution in [3.05, 3.63) is 70.8 Å². The van der Waals surface area contributed by atoms with E-state index >= 15 is 0 Å². The Kier molecular flexibility index (Phi) is 5.49. The fraction of sp³-hybridized carbons (Fsp3) is 0.200. The van der Waals surface area contributed by atoms with Crippen LogP contribution in [-0.4, -0.2) is 26.8 Å². The van der Waals surface area contributed by atoms with Crippen molar-refractivity contribution in [3.8, 4) is 0 Å². The van der Waals surface area contributed by atoms with E-state index in [2.05, 4.69) is 20.9 Å². The van der Waals surface area contributed by atoms with E-state index in [1.807, 2.05) is 31.2 Å². The maximum absolute atomic E-state index is 13.4. The first-order valence-corrected chi connectivity index (χ1v) is 8.67. The zero-order valence-electron chi connectivity index (χ0n) is 15.8. The topological polar surface area (TPSA) is 88.9 Å². The van der Waals surface area contributed by atoms with Crippen LogP contribution in [0.1, 0.15) is 27.3 Å². The molecule has 0 aliphatic rings. The van der Waals surface area contributed by atoms with Crippen LogP contribution in [0.2, 0.25) is 0 Å². The first kappa shape index (κ1) is 19.2. The van der Waals surface area contributed by atoms with E-state index in [0.717, 1.165) is 11.1 Å². The van der Waals surface area contributed by atoms with E-state index in [1.54, 1.807) is 19.9 Å². The van der Waals surface area contributed by atoms with Crippen LogP contribution in [0.15, 0.2) is 42.5 Å². The number of aromatic nitrogens is 3. The van der Waals surface area contributed by atoms with Gasteiger partial charge >= 0.3 is 0 Å². The molecule has 3 aromatic rings. The van der Waals surface area contributed by atoms with E-state index in [1.165, 1.54) is 16.8 Å². The molecule has 0 saturated heterocycles. The fourth-order valence-electron chi connectivity index (χ4n) is 2.60. The summed E-state index contributed by atoms with van der Waals surface area (Å²) >= 11 is 0. The molecule has 0 bridgehead atoms. The van der Waals surface area contributed by atoms with E-state index in [9.17, 15) is 14.0 Å². The molecule has 0 unspecified atom stereocenters. The van der Waals surface area contributed by atoms with Gasteiger partial charge in [0.25, 0.3) is 5.91 Å². The normalized spacial score (nSPS) is 10.6. The van der Waals surface area contributed by atoms with Gasteiger partial charge in [0.1, 0.15) is 12.4 Å². The lowest BCUT2D eigenvalue weighted by Crippen LogP contribution is -2.21. The smallest absolute Gasteiger partial charge is 0.278 e. The molecule has 28 heavy (non-hydrogen) atoms. The van der Waals surface area contributed by atoms with Gasteiger partial charge in [-0.3, -0.25) is 9.59 Å². The van der Waals surface area contributed by atoms with Crippen molar-refractivity contribution in [1.29, 1.82) is 0 Å². The molecule has 0 fully saturated rings. The van der Waals surface area contributed by atoms with Crippen LogP contribution in [0.25, 0.3) is 0 Å². The summed E-state index contributed by atoms with van der Waals surface area (Å²) in [6.07, 6.45) is 0. The number of halogens is 1. The lowest BCUT2D eigenvalue weighted by atomic mass is 10.2. The fourth-order valence-corrected chi connectivity index (χ4v) is 2.60. The number of nitrogens with one attached hydrogen (secondary N) is 2. The summed E-state index contributed by atoms with van der Waals surface area (Å²) in [5.74, 6) is -1.25. The van der Waals surface area contributed by atoms with Crippen LogP contribution in [0.5, 0.6) is 0 Å². The van der Waals surface area contributed by atoms with E-state index in [4.69, 9.17) is 0 Å². The second kappa shape index (κ2) is 7.99.